The summed E-state index contributed by atoms with van der Waals surface area (Å²) in [5.74, 6) is 1.76. The smallest absolute Gasteiger partial charge is 0.164 e. The van der Waals surface area contributed by atoms with Crippen LogP contribution >= 0.6 is 0 Å². The minimum Gasteiger partial charge on any atom is -0.455 e. The second-order valence-corrected chi connectivity index (χ2v) is 17.1. The third-order valence-electron chi connectivity index (χ3n) is 13.1. The van der Waals surface area contributed by atoms with Gasteiger partial charge in [0.2, 0.25) is 0 Å². The summed E-state index contributed by atoms with van der Waals surface area (Å²) in [7, 11) is 0. The molecule has 0 N–H and O–H groups in total. The lowest BCUT2D eigenvalue weighted by Crippen LogP contribution is -2.01. The summed E-state index contributed by atoms with van der Waals surface area (Å²) in [5.41, 5.74) is 16.3. The molecule has 13 rings (SSSR count). The first kappa shape index (κ1) is 39.2. The van der Waals surface area contributed by atoms with Gasteiger partial charge >= 0.3 is 0 Å². The fraction of sp³-hybridized carbons (Fsp3) is 0. The SMILES string of the molecule is c1ccc(-c2ccc(-c3ccccc3)c(-c3ccc(-c4cccc5c4oc4c5ccc5c4c4ccccc4n5-c4ccccc4)c(-c4nc(-c5ccccc5)nc(-c5ccccc5)n4)c3)c2)cc1. The molecule has 318 valence electrons. The number of fused-ring (bicyclic) bond motifs is 7. The Morgan fingerprint density at radius 2 is 0.809 bits per heavy atom. The largest absolute Gasteiger partial charge is 0.455 e. The Labute approximate surface area is 392 Å². The number of para-hydroxylation sites is 3. The molecule has 0 amide bonds. The van der Waals surface area contributed by atoms with Crippen LogP contribution in [-0.4, -0.2) is 19.5 Å². The Hall–Kier alpha value is -9.19. The van der Waals surface area contributed by atoms with Crippen LogP contribution < -0.4 is 0 Å². The molecule has 68 heavy (non-hydrogen) atoms. The summed E-state index contributed by atoms with van der Waals surface area (Å²) in [4.78, 5) is 15.8. The Bertz CT molecular complexity index is 3940. The molecule has 0 aliphatic rings. The molecule has 0 radical (unpaired) electrons. The van der Waals surface area contributed by atoms with E-state index >= 15 is 0 Å². The lowest BCUT2D eigenvalue weighted by Gasteiger charge is -2.17. The molecule has 0 saturated carbocycles. The van der Waals surface area contributed by atoms with Crippen LogP contribution in [0.2, 0.25) is 0 Å². The van der Waals surface area contributed by atoms with E-state index in [1.165, 1.54) is 0 Å². The van der Waals surface area contributed by atoms with Gasteiger partial charge in [-0.25, -0.2) is 15.0 Å². The minimum absolute atomic E-state index is 0.566. The van der Waals surface area contributed by atoms with Gasteiger partial charge in [-0.2, -0.15) is 0 Å². The quantitative estimate of drug-likeness (QED) is 0.153. The zero-order chi connectivity index (χ0) is 45.0. The number of rotatable bonds is 8. The summed E-state index contributed by atoms with van der Waals surface area (Å²) < 4.78 is 9.61. The van der Waals surface area contributed by atoms with Gasteiger partial charge in [0.1, 0.15) is 11.2 Å². The maximum atomic E-state index is 7.28. The highest BCUT2D eigenvalue weighted by molar-refractivity contribution is 6.25. The molecule has 13 aromatic rings. The van der Waals surface area contributed by atoms with Gasteiger partial charge in [0.15, 0.2) is 17.5 Å². The molecule has 10 aromatic carbocycles. The van der Waals surface area contributed by atoms with Crippen LogP contribution in [0.25, 0.3) is 128 Å². The standard InChI is InChI=1S/C63H40N4O/c1-6-19-41(20-7-1)45-33-35-48(42-21-8-2-9-22-42)54(39-45)46-34-36-49(55(40-46)63-65-61(43-23-10-3-11-24-43)64-62(66-63)44-25-12-4-13-26-44)50-30-18-31-51-52-37-38-57-58(60(52)68-59(50)51)53-29-16-17-32-56(53)67(57)47-27-14-5-15-28-47/h1-40H. The Balaban J connectivity index is 1.09. The maximum absolute atomic E-state index is 7.28. The number of furan rings is 1. The van der Waals surface area contributed by atoms with Crippen molar-refractivity contribution < 1.29 is 4.42 Å². The minimum atomic E-state index is 0.566. The first-order chi connectivity index (χ1) is 33.7. The highest BCUT2D eigenvalue weighted by atomic mass is 16.3. The summed E-state index contributed by atoms with van der Waals surface area (Å²) in [6.07, 6.45) is 0. The van der Waals surface area contributed by atoms with Gasteiger partial charge in [-0.3, -0.25) is 0 Å². The molecule has 0 aliphatic carbocycles. The number of nitrogens with zero attached hydrogens (tertiary/aromatic N) is 4. The highest BCUT2D eigenvalue weighted by Gasteiger charge is 2.24. The first-order valence-electron chi connectivity index (χ1n) is 22.9. The number of benzene rings is 10. The van der Waals surface area contributed by atoms with Gasteiger partial charge < -0.3 is 8.98 Å². The third-order valence-corrected chi connectivity index (χ3v) is 13.1. The average Bonchev–Trinajstić information content (AvgIpc) is 3.98. The first-order valence-corrected chi connectivity index (χ1v) is 22.9. The van der Waals surface area contributed by atoms with Crippen molar-refractivity contribution >= 4 is 43.7 Å². The summed E-state index contributed by atoms with van der Waals surface area (Å²) in [6.45, 7) is 0. The second kappa shape index (κ2) is 16.4. The molecule has 0 saturated heterocycles. The topological polar surface area (TPSA) is 56.7 Å². The summed E-state index contributed by atoms with van der Waals surface area (Å²) in [6, 6.07) is 85.1. The van der Waals surface area contributed by atoms with Crippen LogP contribution in [0.15, 0.2) is 247 Å². The molecule has 0 aliphatic heterocycles. The Kier molecular flexibility index (Phi) is 9.43. The molecule has 0 spiro atoms. The van der Waals surface area contributed by atoms with Gasteiger partial charge in [0.05, 0.1) is 16.4 Å². The molecule has 0 bridgehead atoms. The lowest BCUT2D eigenvalue weighted by atomic mass is 9.88. The van der Waals surface area contributed by atoms with Crippen molar-refractivity contribution in [2.45, 2.75) is 0 Å². The molecule has 3 heterocycles. The van der Waals surface area contributed by atoms with Crippen molar-refractivity contribution in [2.24, 2.45) is 0 Å². The van der Waals surface area contributed by atoms with E-state index in [9.17, 15) is 0 Å². The maximum Gasteiger partial charge on any atom is 0.164 e. The zero-order valence-corrected chi connectivity index (χ0v) is 36.8. The Morgan fingerprint density at radius 1 is 0.279 bits per heavy atom. The van der Waals surface area contributed by atoms with Gasteiger partial charge in [0.25, 0.3) is 0 Å². The highest BCUT2D eigenvalue weighted by Crippen LogP contribution is 2.46. The molecular weight excluding hydrogens is 829 g/mol. The van der Waals surface area contributed by atoms with Gasteiger partial charge in [-0.1, -0.05) is 200 Å². The van der Waals surface area contributed by atoms with Crippen LogP contribution in [0.5, 0.6) is 0 Å². The normalized spacial score (nSPS) is 11.5. The predicted octanol–water partition coefficient (Wildman–Crippen LogP) is 16.5. The van der Waals surface area contributed by atoms with E-state index < -0.39 is 0 Å². The van der Waals surface area contributed by atoms with E-state index in [0.29, 0.717) is 17.5 Å². The van der Waals surface area contributed by atoms with E-state index in [2.05, 4.69) is 211 Å². The van der Waals surface area contributed by atoms with Crippen molar-refractivity contribution in [1.29, 1.82) is 0 Å². The van der Waals surface area contributed by atoms with Crippen LogP contribution in [-0.2, 0) is 0 Å². The second-order valence-electron chi connectivity index (χ2n) is 17.1. The van der Waals surface area contributed by atoms with Crippen LogP contribution in [0.4, 0.5) is 0 Å². The monoisotopic (exact) mass is 868 g/mol. The molecule has 5 heteroatoms. The molecule has 5 nitrogen and oxygen atoms in total. The van der Waals surface area contributed by atoms with Gasteiger partial charge in [-0.05, 0) is 81.4 Å². The van der Waals surface area contributed by atoms with Crippen LogP contribution in [0.3, 0.4) is 0 Å². The third kappa shape index (κ3) is 6.68. The summed E-state index contributed by atoms with van der Waals surface area (Å²) >= 11 is 0. The zero-order valence-electron chi connectivity index (χ0n) is 36.8. The van der Waals surface area contributed by atoms with Gasteiger partial charge in [0, 0.05) is 44.1 Å². The van der Waals surface area contributed by atoms with E-state index in [-0.39, 0.29) is 0 Å². The number of hydrogen-bond acceptors (Lipinski definition) is 4. The molecule has 3 aromatic heterocycles. The van der Waals surface area contributed by atoms with Crippen molar-refractivity contribution in [3.05, 3.63) is 243 Å². The molecule has 0 unspecified atom stereocenters. The molecule has 0 fully saturated rings. The van der Waals surface area contributed by atoms with E-state index in [1.54, 1.807) is 0 Å². The number of hydrogen-bond donors (Lipinski definition) is 0. The predicted molar refractivity (Wildman–Crippen MR) is 279 cm³/mol. The Morgan fingerprint density at radius 3 is 1.50 bits per heavy atom. The van der Waals surface area contributed by atoms with Crippen LogP contribution in [0.1, 0.15) is 0 Å². The number of aromatic nitrogens is 4. The average molecular weight is 869 g/mol. The lowest BCUT2D eigenvalue weighted by molar-refractivity contribution is 0.674. The fourth-order valence-electron chi connectivity index (χ4n) is 9.90. The summed E-state index contributed by atoms with van der Waals surface area (Å²) in [5, 5.41) is 4.33. The van der Waals surface area contributed by atoms with E-state index in [0.717, 1.165) is 111 Å². The van der Waals surface area contributed by atoms with E-state index in [1.807, 2.05) is 36.4 Å². The van der Waals surface area contributed by atoms with Crippen molar-refractivity contribution in [3.63, 3.8) is 0 Å². The molecule has 0 atom stereocenters. The van der Waals surface area contributed by atoms with Crippen molar-refractivity contribution in [2.75, 3.05) is 0 Å². The van der Waals surface area contributed by atoms with Crippen molar-refractivity contribution in [3.8, 4) is 84.4 Å². The molecular formula is C63H40N4O. The van der Waals surface area contributed by atoms with E-state index in [4.69, 9.17) is 19.4 Å². The van der Waals surface area contributed by atoms with Gasteiger partial charge in [-0.15, -0.1) is 0 Å². The van der Waals surface area contributed by atoms with Crippen LogP contribution in [0, 0.1) is 0 Å². The fourth-order valence-corrected chi connectivity index (χ4v) is 9.90. The van der Waals surface area contributed by atoms with Crippen molar-refractivity contribution in [1.82, 2.24) is 19.5 Å².